The molecule has 12 heavy (non-hydrogen) atoms. The fourth-order valence-corrected chi connectivity index (χ4v) is 1.32. The van der Waals surface area contributed by atoms with E-state index in [1.165, 1.54) is 13.2 Å². The molecule has 1 atom stereocenters. The third-order valence-corrected chi connectivity index (χ3v) is 2.01. The number of halogens is 1. The highest BCUT2D eigenvalue weighted by Crippen LogP contribution is 2.21. The monoisotopic (exact) mass is 190 g/mol. The topological polar surface area (TPSA) is 46.5 Å². The van der Waals surface area contributed by atoms with E-state index in [2.05, 4.69) is 0 Å². The SMILES string of the molecule is COc1ccc(F)cc1S(=O)O. The van der Waals surface area contributed by atoms with Crippen LogP contribution in [-0.4, -0.2) is 15.9 Å². The maximum atomic E-state index is 12.5. The number of benzene rings is 1. The maximum absolute atomic E-state index is 12.5. The van der Waals surface area contributed by atoms with Crippen molar-refractivity contribution in [3.05, 3.63) is 24.0 Å². The molecular weight excluding hydrogens is 183 g/mol. The summed E-state index contributed by atoms with van der Waals surface area (Å²) >= 11 is -2.22. The summed E-state index contributed by atoms with van der Waals surface area (Å²) in [5.41, 5.74) is 0. The quantitative estimate of drug-likeness (QED) is 0.717. The smallest absolute Gasteiger partial charge is 0.190 e. The van der Waals surface area contributed by atoms with Crippen LogP contribution in [0.2, 0.25) is 0 Å². The predicted octanol–water partition coefficient (Wildman–Crippen LogP) is 1.41. The van der Waals surface area contributed by atoms with Crippen molar-refractivity contribution in [1.29, 1.82) is 0 Å². The summed E-state index contributed by atoms with van der Waals surface area (Å²) in [7, 11) is 1.35. The lowest BCUT2D eigenvalue weighted by molar-refractivity contribution is 0.400. The zero-order valence-electron chi connectivity index (χ0n) is 6.28. The second-order valence-electron chi connectivity index (χ2n) is 2.04. The predicted molar refractivity (Wildman–Crippen MR) is 42.0 cm³/mol. The van der Waals surface area contributed by atoms with Gasteiger partial charge in [0.05, 0.1) is 7.11 Å². The fraction of sp³-hybridized carbons (Fsp3) is 0.143. The van der Waals surface area contributed by atoms with Gasteiger partial charge in [-0.1, -0.05) is 0 Å². The summed E-state index contributed by atoms with van der Waals surface area (Å²) in [5, 5.41) is 0. The summed E-state index contributed by atoms with van der Waals surface area (Å²) in [4.78, 5) is -0.0579. The van der Waals surface area contributed by atoms with Crippen molar-refractivity contribution in [1.82, 2.24) is 0 Å². The highest BCUT2D eigenvalue weighted by Gasteiger charge is 2.08. The van der Waals surface area contributed by atoms with Crippen molar-refractivity contribution in [3.8, 4) is 5.75 Å². The van der Waals surface area contributed by atoms with Crippen LogP contribution in [0.25, 0.3) is 0 Å². The van der Waals surface area contributed by atoms with Crippen molar-refractivity contribution < 1.29 is 17.9 Å². The number of rotatable bonds is 2. The highest BCUT2D eigenvalue weighted by atomic mass is 32.2. The Labute approximate surface area is 71.5 Å². The number of hydrogen-bond acceptors (Lipinski definition) is 2. The molecule has 0 spiro atoms. The van der Waals surface area contributed by atoms with Crippen LogP contribution in [0, 0.1) is 5.82 Å². The molecule has 3 nitrogen and oxygen atoms in total. The highest BCUT2D eigenvalue weighted by molar-refractivity contribution is 7.79. The van der Waals surface area contributed by atoms with Crippen molar-refractivity contribution in [2.24, 2.45) is 0 Å². The van der Waals surface area contributed by atoms with Crippen LogP contribution in [-0.2, 0) is 11.1 Å². The third kappa shape index (κ3) is 1.80. The average molecular weight is 190 g/mol. The normalized spacial score (nSPS) is 12.6. The third-order valence-electron chi connectivity index (χ3n) is 1.31. The molecule has 0 bridgehead atoms. The molecule has 0 amide bonds. The first kappa shape index (κ1) is 9.15. The molecule has 1 N–H and O–H groups in total. The van der Waals surface area contributed by atoms with Gasteiger partial charge in [-0.3, -0.25) is 0 Å². The molecule has 0 aromatic heterocycles. The van der Waals surface area contributed by atoms with Gasteiger partial charge in [0.15, 0.2) is 11.1 Å². The summed E-state index contributed by atoms with van der Waals surface area (Å²) < 4.78 is 36.6. The zero-order valence-corrected chi connectivity index (χ0v) is 7.10. The van der Waals surface area contributed by atoms with Gasteiger partial charge in [0.25, 0.3) is 0 Å². The summed E-state index contributed by atoms with van der Waals surface area (Å²) in [6, 6.07) is 3.43. The Balaban J connectivity index is 3.21. The molecule has 1 unspecified atom stereocenters. The van der Waals surface area contributed by atoms with Crippen LogP contribution in [0.1, 0.15) is 0 Å². The van der Waals surface area contributed by atoms with Gasteiger partial charge in [-0.15, -0.1) is 0 Å². The first-order valence-corrected chi connectivity index (χ1v) is 4.20. The minimum Gasteiger partial charge on any atom is -0.495 e. The Morgan fingerprint density at radius 1 is 1.58 bits per heavy atom. The number of ether oxygens (including phenoxy) is 1. The molecule has 1 aromatic rings. The van der Waals surface area contributed by atoms with Crippen LogP contribution in [0.5, 0.6) is 5.75 Å². The molecule has 0 aliphatic rings. The van der Waals surface area contributed by atoms with E-state index in [1.807, 2.05) is 0 Å². The van der Waals surface area contributed by atoms with Gasteiger partial charge >= 0.3 is 0 Å². The average Bonchev–Trinajstić information content (AvgIpc) is 2.04. The van der Waals surface area contributed by atoms with Gasteiger partial charge in [-0.25, -0.2) is 8.60 Å². The Morgan fingerprint density at radius 3 is 2.75 bits per heavy atom. The van der Waals surface area contributed by atoms with Gasteiger partial charge in [-0.05, 0) is 18.2 Å². The van der Waals surface area contributed by atoms with Crippen molar-refractivity contribution in [2.75, 3.05) is 7.11 Å². The van der Waals surface area contributed by atoms with Crippen LogP contribution in [0.15, 0.2) is 23.1 Å². The van der Waals surface area contributed by atoms with Crippen molar-refractivity contribution >= 4 is 11.1 Å². The lowest BCUT2D eigenvalue weighted by Gasteiger charge is -2.03. The molecule has 0 aliphatic carbocycles. The molecule has 0 saturated carbocycles. The largest absolute Gasteiger partial charge is 0.495 e. The molecule has 1 aromatic carbocycles. The van der Waals surface area contributed by atoms with Crippen LogP contribution >= 0.6 is 0 Å². The molecule has 0 aliphatic heterocycles. The first-order valence-electron chi connectivity index (χ1n) is 3.09. The van der Waals surface area contributed by atoms with Gasteiger partial charge in [-0.2, -0.15) is 0 Å². The Kier molecular flexibility index (Phi) is 2.78. The number of methoxy groups -OCH3 is 1. The zero-order chi connectivity index (χ0) is 9.14. The molecule has 0 radical (unpaired) electrons. The van der Waals surface area contributed by atoms with E-state index in [-0.39, 0.29) is 10.6 Å². The summed E-state index contributed by atoms with van der Waals surface area (Å²) in [6.07, 6.45) is 0. The maximum Gasteiger partial charge on any atom is 0.190 e. The Bertz CT molecular complexity index is 314. The fourth-order valence-electron chi connectivity index (χ4n) is 0.787. The second-order valence-corrected chi connectivity index (χ2v) is 2.98. The van der Waals surface area contributed by atoms with E-state index in [4.69, 9.17) is 9.29 Å². The lowest BCUT2D eigenvalue weighted by atomic mass is 10.3. The summed E-state index contributed by atoms with van der Waals surface area (Å²) in [6.45, 7) is 0. The van der Waals surface area contributed by atoms with Crippen molar-refractivity contribution in [3.63, 3.8) is 0 Å². The van der Waals surface area contributed by atoms with E-state index in [1.54, 1.807) is 0 Å². The van der Waals surface area contributed by atoms with Crippen molar-refractivity contribution in [2.45, 2.75) is 4.90 Å². The van der Waals surface area contributed by atoms with E-state index in [0.29, 0.717) is 0 Å². The van der Waals surface area contributed by atoms with E-state index in [0.717, 1.165) is 12.1 Å². The number of hydrogen-bond donors (Lipinski definition) is 1. The molecular formula is C7H7FO3S. The second kappa shape index (κ2) is 3.64. The van der Waals surface area contributed by atoms with Gasteiger partial charge < -0.3 is 9.29 Å². The molecule has 0 heterocycles. The van der Waals surface area contributed by atoms with Crippen LogP contribution in [0.3, 0.4) is 0 Å². The van der Waals surface area contributed by atoms with Gasteiger partial charge in [0.1, 0.15) is 16.5 Å². The standard InChI is InChI=1S/C7H7FO3S/c1-11-6-3-2-5(8)4-7(6)12(9)10/h2-4H,1H3,(H,9,10). The molecule has 5 heteroatoms. The Morgan fingerprint density at radius 2 is 2.25 bits per heavy atom. The minimum atomic E-state index is -2.22. The molecule has 1 rings (SSSR count). The Hall–Kier alpha value is -0.940. The minimum absolute atomic E-state index is 0.0579. The summed E-state index contributed by atoms with van der Waals surface area (Å²) in [5.74, 6) is -0.356. The first-order chi connectivity index (χ1) is 5.65. The molecule has 0 fully saturated rings. The molecule has 66 valence electrons. The van der Waals surface area contributed by atoms with Gasteiger partial charge in [0.2, 0.25) is 0 Å². The van der Waals surface area contributed by atoms with E-state index < -0.39 is 16.9 Å². The van der Waals surface area contributed by atoms with Crippen LogP contribution < -0.4 is 4.74 Å². The van der Waals surface area contributed by atoms with Gasteiger partial charge in [0, 0.05) is 0 Å². The van der Waals surface area contributed by atoms with E-state index >= 15 is 0 Å². The van der Waals surface area contributed by atoms with E-state index in [9.17, 15) is 8.60 Å². The lowest BCUT2D eigenvalue weighted by Crippen LogP contribution is -1.95. The molecule has 0 saturated heterocycles. The van der Waals surface area contributed by atoms with Crippen LogP contribution in [0.4, 0.5) is 4.39 Å².